The third-order valence-corrected chi connectivity index (χ3v) is 4.97. The number of thiophene rings is 1. The molecule has 1 fully saturated rings. The first-order valence-electron chi connectivity index (χ1n) is 9.24. The lowest BCUT2D eigenvalue weighted by molar-refractivity contribution is -0.116. The molecule has 0 bridgehead atoms. The van der Waals surface area contributed by atoms with E-state index in [1.807, 2.05) is 30.3 Å². The number of hydrogen-bond acceptors (Lipinski definition) is 5. The number of nitrogens with one attached hydrogen (secondary N) is 3. The van der Waals surface area contributed by atoms with Gasteiger partial charge in [0.05, 0.1) is 5.56 Å². The fourth-order valence-electron chi connectivity index (χ4n) is 2.48. The molecule has 0 aliphatic heterocycles. The summed E-state index contributed by atoms with van der Waals surface area (Å²) in [5.74, 6) is -0.343. The zero-order valence-electron chi connectivity index (χ0n) is 15.4. The molecule has 1 aromatic heterocycles. The highest BCUT2D eigenvalue weighted by Gasteiger charge is 2.25. The molecule has 0 spiro atoms. The van der Waals surface area contributed by atoms with Crippen molar-refractivity contribution >= 4 is 34.2 Å². The topological polar surface area (TPSA) is 96.5 Å². The highest BCUT2D eigenvalue weighted by molar-refractivity contribution is 7.14. The maximum absolute atomic E-state index is 12.1. The normalized spacial score (nSPS) is 12.9. The molecule has 1 aliphatic carbocycles. The average molecular weight is 401 g/mol. The van der Waals surface area contributed by atoms with Crippen LogP contribution in [0, 0.1) is 0 Å². The standard InChI is InChI=1S/C20H23N3O4S/c24-17(23-19-16(10-12-28-19)18(25)22-15-8-9-15)7-4-11-21-20(26)27-13-14-5-2-1-3-6-14/h1-3,5-6,10,12,15H,4,7-9,11,13H2,(H,21,26)(H,22,25)(H,23,24). The number of amides is 3. The minimum atomic E-state index is -0.512. The number of carbonyl (C=O) groups excluding carboxylic acids is 3. The van der Waals surface area contributed by atoms with Crippen molar-refractivity contribution in [1.82, 2.24) is 10.6 Å². The molecule has 8 heteroatoms. The first-order valence-corrected chi connectivity index (χ1v) is 10.1. The predicted molar refractivity (Wildman–Crippen MR) is 107 cm³/mol. The Hall–Kier alpha value is -2.87. The van der Waals surface area contributed by atoms with Crippen LogP contribution in [0.2, 0.25) is 0 Å². The summed E-state index contributed by atoms with van der Waals surface area (Å²) < 4.78 is 5.11. The third-order valence-electron chi connectivity index (χ3n) is 4.14. The van der Waals surface area contributed by atoms with Gasteiger partial charge >= 0.3 is 6.09 Å². The SMILES string of the molecule is O=C(CCCNC(=O)OCc1ccccc1)Nc1sccc1C(=O)NC1CC1. The zero-order chi connectivity index (χ0) is 19.8. The van der Waals surface area contributed by atoms with Crippen LogP contribution < -0.4 is 16.0 Å². The molecule has 7 nitrogen and oxygen atoms in total. The lowest BCUT2D eigenvalue weighted by Crippen LogP contribution is -2.27. The summed E-state index contributed by atoms with van der Waals surface area (Å²) >= 11 is 1.32. The van der Waals surface area contributed by atoms with Gasteiger partial charge in [0.15, 0.2) is 0 Å². The Kier molecular flexibility index (Phi) is 7.02. The molecular weight excluding hydrogens is 378 g/mol. The molecule has 1 aromatic carbocycles. The predicted octanol–water partition coefficient (Wildman–Crippen LogP) is 3.29. The van der Waals surface area contributed by atoms with Crippen LogP contribution in [0.4, 0.5) is 9.80 Å². The number of benzene rings is 1. The van der Waals surface area contributed by atoms with Gasteiger partial charge in [0.25, 0.3) is 5.91 Å². The van der Waals surface area contributed by atoms with Gasteiger partial charge in [0.1, 0.15) is 11.6 Å². The van der Waals surface area contributed by atoms with Gasteiger partial charge in [-0.3, -0.25) is 9.59 Å². The van der Waals surface area contributed by atoms with E-state index in [-0.39, 0.29) is 30.9 Å². The minimum absolute atomic E-state index is 0.151. The second-order valence-electron chi connectivity index (χ2n) is 6.55. The molecule has 2 aromatic rings. The number of carbonyl (C=O) groups is 3. The molecule has 1 aliphatic rings. The van der Waals surface area contributed by atoms with Gasteiger partial charge in [-0.05, 0) is 36.3 Å². The Morgan fingerprint density at radius 1 is 1.11 bits per heavy atom. The molecule has 3 N–H and O–H groups in total. The first kappa shape index (κ1) is 19.9. The van der Waals surface area contributed by atoms with Crippen LogP contribution in [0.15, 0.2) is 41.8 Å². The number of alkyl carbamates (subject to hydrolysis) is 1. The van der Waals surface area contributed by atoms with E-state index in [2.05, 4.69) is 16.0 Å². The summed E-state index contributed by atoms with van der Waals surface area (Å²) in [6, 6.07) is 11.4. The van der Waals surface area contributed by atoms with Crippen molar-refractivity contribution in [2.75, 3.05) is 11.9 Å². The molecule has 0 saturated heterocycles. The van der Waals surface area contributed by atoms with E-state index in [4.69, 9.17) is 4.74 Å². The molecule has 0 unspecified atom stereocenters. The Morgan fingerprint density at radius 3 is 2.64 bits per heavy atom. The van der Waals surface area contributed by atoms with Crippen LogP contribution in [-0.4, -0.2) is 30.5 Å². The average Bonchev–Trinajstić information content (AvgIpc) is 3.39. The number of hydrogen-bond donors (Lipinski definition) is 3. The van der Waals surface area contributed by atoms with Crippen molar-refractivity contribution in [2.24, 2.45) is 0 Å². The van der Waals surface area contributed by atoms with Crippen molar-refractivity contribution in [2.45, 2.75) is 38.3 Å². The molecule has 0 radical (unpaired) electrons. The fourth-order valence-corrected chi connectivity index (χ4v) is 3.28. The van der Waals surface area contributed by atoms with Crippen molar-refractivity contribution in [3.63, 3.8) is 0 Å². The first-order chi connectivity index (χ1) is 13.6. The number of ether oxygens (including phenoxy) is 1. The number of rotatable bonds is 9. The van der Waals surface area contributed by atoms with Gasteiger partial charge in [-0.2, -0.15) is 0 Å². The molecule has 148 valence electrons. The minimum Gasteiger partial charge on any atom is -0.445 e. The monoisotopic (exact) mass is 401 g/mol. The quantitative estimate of drug-likeness (QED) is 0.562. The van der Waals surface area contributed by atoms with Crippen LogP contribution in [0.1, 0.15) is 41.6 Å². The fraction of sp³-hybridized carbons (Fsp3) is 0.350. The largest absolute Gasteiger partial charge is 0.445 e. The van der Waals surface area contributed by atoms with Crippen LogP contribution in [-0.2, 0) is 16.1 Å². The Morgan fingerprint density at radius 2 is 1.89 bits per heavy atom. The van der Waals surface area contributed by atoms with Crippen molar-refractivity contribution in [3.8, 4) is 0 Å². The van der Waals surface area contributed by atoms with Gasteiger partial charge in [0.2, 0.25) is 5.91 Å². The summed E-state index contributed by atoms with van der Waals surface area (Å²) in [7, 11) is 0. The lowest BCUT2D eigenvalue weighted by Gasteiger charge is -2.08. The van der Waals surface area contributed by atoms with Crippen LogP contribution >= 0.6 is 11.3 Å². The second kappa shape index (κ2) is 9.89. The molecule has 28 heavy (non-hydrogen) atoms. The highest BCUT2D eigenvalue weighted by Crippen LogP contribution is 2.25. The Bertz CT molecular complexity index is 818. The zero-order valence-corrected chi connectivity index (χ0v) is 16.2. The summed E-state index contributed by atoms with van der Waals surface area (Å²) in [6.45, 7) is 0.539. The van der Waals surface area contributed by atoms with E-state index in [1.165, 1.54) is 11.3 Å². The number of anilines is 1. The molecule has 3 rings (SSSR count). The maximum Gasteiger partial charge on any atom is 0.407 e. The van der Waals surface area contributed by atoms with E-state index in [9.17, 15) is 14.4 Å². The van der Waals surface area contributed by atoms with E-state index >= 15 is 0 Å². The summed E-state index contributed by atoms with van der Waals surface area (Å²) in [4.78, 5) is 35.9. The maximum atomic E-state index is 12.1. The van der Waals surface area contributed by atoms with Crippen LogP contribution in [0.25, 0.3) is 0 Å². The van der Waals surface area contributed by atoms with Crippen LogP contribution in [0.3, 0.4) is 0 Å². The third kappa shape index (κ3) is 6.38. The van der Waals surface area contributed by atoms with Gasteiger partial charge in [-0.25, -0.2) is 4.79 Å². The molecular formula is C20H23N3O4S. The van der Waals surface area contributed by atoms with E-state index in [0.29, 0.717) is 23.5 Å². The summed E-state index contributed by atoms with van der Waals surface area (Å²) in [5.41, 5.74) is 1.40. The van der Waals surface area contributed by atoms with Gasteiger partial charge < -0.3 is 20.7 Å². The van der Waals surface area contributed by atoms with Gasteiger partial charge in [-0.1, -0.05) is 30.3 Å². The van der Waals surface area contributed by atoms with Gasteiger partial charge in [-0.15, -0.1) is 11.3 Å². The molecule has 1 heterocycles. The van der Waals surface area contributed by atoms with E-state index in [0.717, 1.165) is 18.4 Å². The Labute approximate surface area is 167 Å². The summed E-state index contributed by atoms with van der Waals surface area (Å²) in [5, 5.41) is 10.6. The van der Waals surface area contributed by atoms with Crippen LogP contribution in [0.5, 0.6) is 0 Å². The highest BCUT2D eigenvalue weighted by atomic mass is 32.1. The second-order valence-corrected chi connectivity index (χ2v) is 7.47. The molecule has 3 amide bonds. The van der Waals surface area contributed by atoms with Crippen molar-refractivity contribution < 1.29 is 19.1 Å². The molecule has 1 saturated carbocycles. The smallest absolute Gasteiger partial charge is 0.407 e. The molecule has 0 atom stereocenters. The van der Waals surface area contributed by atoms with Crippen molar-refractivity contribution in [1.29, 1.82) is 0 Å². The lowest BCUT2D eigenvalue weighted by atomic mass is 10.2. The van der Waals surface area contributed by atoms with E-state index in [1.54, 1.807) is 11.4 Å². The van der Waals surface area contributed by atoms with E-state index < -0.39 is 6.09 Å². The summed E-state index contributed by atoms with van der Waals surface area (Å²) in [6.07, 6.45) is 2.22. The van der Waals surface area contributed by atoms with Gasteiger partial charge in [0, 0.05) is 19.0 Å². The Balaban J connectivity index is 1.32. The van der Waals surface area contributed by atoms with Crippen molar-refractivity contribution in [3.05, 3.63) is 52.9 Å².